The van der Waals surface area contributed by atoms with Crippen molar-refractivity contribution in [2.24, 2.45) is 0 Å². The second-order valence-electron chi connectivity index (χ2n) is 19.4. The van der Waals surface area contributed by atoms with Gasteiger partial charge in [0.2, 0.25) is 0 Å². The van der Waals surface area contributed by atoms with E-state index in [9.17, 15) is 0 Å². The van der Waals surface area contributed by atoms with E-state index in [0.29, 0.717) is 12.1 Å². The van der Waals surface area contributed by atoms with Crippen molar-refractivity contribution in [2.75, 3.05) is 9.80 Å². The van der Waals surface area contributed by atoms with Gasteiger partial charge >= 0.3 is 52.4 Å². The molecular formula is C66H64Cl2N2Si2Zr2+4. The van der Waals surface area contributed by atoms with Gasteiger partial charge in [0.05, 0.1) is 12.1 Å². The molecule has 2 aliphatic heterocycles. The van der Waals surface area contributed by atoms with Crippen molar-refractivity contribution in [1.82, 2.24) is 0 Å². The van der Waals surface area contributed by atoms with Gasteiger partial charge in [-0.2, -0.15) is 12.1 Å². The number of halogens is 2. The van der Waals surface area contributed by atoms with Crippen LogP contribution in [0.25, 0.3) is 43.8 Å². The summed E-state index contributed by atoms with van der Waals surface area (Å²) < 4.78 is 0. The zero-order valence-electron chi connectivity index (χ0n) is 43.7. The molecule has 0 bridgehead atoms. The van der Waals surface area contributed by atoms with Crippen LogP contribution in [0.4, 0.5) is 11.4 Å². The zero-order valence-corrected chi connectivity index (χ0v) is 52.2. The number of allylic oxidation sites excluding steroid dienone is 6. The summed E-state index contributed by atoms with van der Waals surface area (Å²) in [4.78, 5) is 4.92. The van der Waals surface area contributed by atoms with Crippen molar-refractivity contribution >= 4 is 61.1 Å². The Bertz CT molecular complexity index is 3180. The van der Waals surface area contributed by atoms with Gasteiger partial charge in [-0.05, 0) is 95.8 Å². The van der Waals surface area contributed by atoms with Crippen LogP contribution >= 0.6 is 0 Å². The first-order chi connectivity index (χ1) is 34.0. The van der Waals surface area contributed by atoms with Crippen LogP contribution in [0.2, 0.25) is 26.2 Å². The Balaban J connectivity index is 0.000000180. The number of anilines is 2. The van der Waals surface area contributed by atoms with Gasteiger partial charge in [-0.25, -0.2) is 0 Å². The normalized spacial score (nSPS) is 15.3. The minimum Gasteiger partial charge on any atom is -1.00 e. The first-order valence-electron chi connectivity index (χ1n) is 24.6. The van der Waals surface area contributed by atoms with E-state index in [1.807, 2.05) is 0 Å². The standard InChI is InChI=1S/2C17H19NSi.2C16H13.2ClH.2Zr/c2*1-13-9-14-11-16(12-19(2)3)18(17(14)10-13)15-7-5-4-6-8-15;2*1-12-10-14-8-5-9-15(16(14)11-12)13-6-3-2-4-7-13;;;;/h2*4-12,16H,1-3H3;2*2-11H,1H3;2*1H;;/q;;2*-1;;;2*+4/p-2. The second kappa shape index (κ2) is 27.8. The van der Waals surface area contributed by atoms with Crippen molar-refractivity contribution < 1.29 is 77.2 Å². The van der Waals surface area contributed by atoms with E-state index in [4.69, 9.17) is 0 Å². The summed E-state index contributed by atoms with van der Waals surface area (Å²) in [5.74, 6) is 0. The van der Waals surface area contributed by atoms with E-state index >= 15 is 0 Å². The molecule has 74 heavy (non-hydrogen) atoms. The molecule has 0 aromatic heterocycles. The summed E-state index contributed by atoms with van der Waals surface area (Å²) in [5, 5.41) is 5.37. The minimum absolute atomic E-state index is 0. The molecular weight excluding hydrogens is 1130 g/mol. The maximum atomic E-state index is 2.51. The summed E-state index contributed by atoms with van der Waals surface area (Å²) in [7, 11) is -0.720. The topological polar surface area (TPSA) is 6.48 Å². The van der Waals surface area contributed by atoms with Gasteiger partial charge in [-0.1, -0.05) is 184 Å². The molecule has 2 nitrogen and oxygen atoms in total. The minimum atomic E-state index is -0.360. The Morgan fingerprint density at radius 2 is 0.757 bits per heavy atom. The molecule has 0 saturated heterocycles. The molecule has 0 radical (unpaired) electrons. The number of hydrogen-bond acceptors (Lipinski definition) is 2. The SMILES string of the molecule is CC1=CC2=CC(C=[Si](C)C)N(c3ccccc3)C2=C1.CC1=CC2=CC(C=[Si](C)C)N(c3ccccc3)C2=C1.Cc1cc2c(-c3ccccc3)cccc2[cH-]1.Cc1cc2c(-c3ccccc3)cccc2[cH-]1.[Cl-].[Cl-].[Zr+4].[Zr+4]. The maximum Gasteiger partial charge on any atom is 4.00 e. The Labute approximate surface area is 494 Å². The molecule has 8 aromatic carbocycles. The molecule has 364 valence electrons. The fourth-order valence-corrected chi connectivity index (χ4v) is 11.9. The fraction of sp³-hybridized carbons (Fsp3) is 0.152. The molecule has 0 spiro atoms. The largest absolute Gasteiger partial charge is 4.00 e. The molecule has 2 aliphatic carbocycles. The summed E-state index contributed by atoms with van der Waals surface area (Å²) in [5.41, 5.74) is 23.6. The van der Waals surface area contributed by atoms with E-state index in [1.165, 1.54) is 100.0 Å². The van der Waals surface area contributed by atoms with Gasteiger partial charge < -0.3 is 34.6 Å². The number of fused-ring (bicyclic) bond motifs is 4. The Hall–Kier alpha value is -4.90. The second-order valence-corrected chi connectivity index (χ2v) is 24.4. The molecule has 2 unspecified atom stereocenters. The van der Waals surface area contributed by atoms with Crippen molar-refractivity contribution in [2.45, 2.75) is 66.0 Å². The Morgan fingerprint density at radius 3 is 1.09 bits per heavy atom. The Kier molecular flexibility index (Phi) is 22.5. The van der Waals surface area contributed by atoms with Crippen molar-refractivity contribution in [3.63, 3.8) is 0 Å². The third kappa shape index (κ3) is 14.3. The smallest absolute Gasteiger partial charge is 1.00 e. The van der Waals surface area contributed by atoms with Crippen molar-refractivity contribution in [1.29, 1.82) is 0 Å². The van der Waals surface area contributed by atoms with E-state index in [0.717, 1.165) is 0 Å². The number of hydrogen-bond donors (Lipinski definition) is 0. The molecule has 2 atom stereocenters. The number of benzene rings is 6. The van der Waals surface area contributed by atoms with Crippen LogP contribution < -0.4 is 34.6 Å². The molecule has 4 aliphatic rings. The third-order valence-corrected chi connectivity index (χ3v) is 15.0. The molecule has 0 fully saturated rings. The first-order valence-corrected chi connectivity index (χ1v) is 29.8. The summed E-state index contributed by atoms with van der Waals surface area (Å²) in [6, 6.07) is 65.3. The first kappa shape index (κ1) is 60.0. The summed E-state index contributed by atoms with van der Waals surface area (Å²) in [6.07, 6.45) is 14.0. The number of nitrogens with zero attached hydrogens (tertiary/aromatic N) is 2. The molecule has 8 heteroatoms. The van der Waals surface area contributed by atoms with Crippen LogP contribution in [0.3, 0.4) is 0 Å². The maximum absolute atomic E-state index is 2.51. The molecule has 0 amide bonds. The predicted molar refractivity (Wildman–Crippen MR) is 312 cm³/mol. The fourth-order valence-electron chi connectivity index (χ4n) is 10.1. The van der Waals surface area contributed by atoms with E-state index in [-0.39, 0.29) is 94.0 Å². The van der Waals surface area contributed by atoms with Gasteiger partial charge in [0, 0.05) is 39.6 Å². The van der Waals surface area contributed by atoms with Gasteiger partial charge in [-0.15, -0.1) is 69.1 Å². The van der Waals surface area contributed by atoms with E-state index < -0.39 is 0 Å². The van der Waals surface area contributed by atoms with Crippen LogP contribution in [0.1, 0.15) is 25.0 Å². The third-order valence-electron chi connectivity index (χ3n) is 12.9. The average Bonchev–Trinajstić information content (AvgIpc) is 4.21. The van der Waals surface area contributed by atoms with E-state index in [1.54, 1.807) is 0 Å². The van der Waals surface area contributed by atoms with Crippen LogP contribution in [0.5, 0.6) is 0 Å². The number of para-hydroxylation sites is 2. The molecule has 8 aromatic rings. The quantitative estimate of drug-likeness (QED) is 0.121. The predicted octanol–water partition coefficient (Wildman–Crippen LogP) is 10.6. The summed E-state index contributed by atoms with van der Waals surface area (Å²) >= 11 is 0. The van der Waals surface area contributed by atoms with Crippen LogP contribution in [-0.2, 0) is 52.4 Å². The van der Waals surface area contributed by atoms with Gasteiger partial charge in [0.15, 0.2) is 0 Å². The Morgan fingerprint density at radius 1 is 0.419 bits per heavy atom. The average molecular weight is 1190 g/mol. The number of aryl methyl sites for hydroxylation is 2. The van der Waals surface area contributed by atoms with Crippen LogP contribution in [-0.4, -0.2) is 40.2 Å². The number of rotatable bonds is 6. The summed E-state index contributed by atoms with van der Waals surface area (Å²) in [6.45, 7) is 18.0. The van der Waals surface area contributed by atoms with Crippen LogP contribution in [0, 0.1) is 13.8 Å². The molecule has 0 N–H and O–H groups in total. The van der Waals surface area contributed by atoms with Gasteiger partial charge in [-0.3, -0.25) is 0 Å². The van der Waals surface area contributed by atoms with Gasteiger partial charge in [0.1, 0.15) is 0 Å². The zero-order chi connectivity index (χ0) is 48.7. The molecule has 12 rings (SSSR count). The van der Waals surface area contributed by atoms with Crippen molar-refractivity contribution in [3.8, 4) is 22.3 Å². The molecule has 2 heterocycles. The monoisotopic (exact) mass is 1190 g/mol. The van der Waals surface area contributed by atoms with E-state index in [2.05, 4.69) is 293 Å². The van der Waals surface area contributed by atoms with Crippen LogP contribution in [0.15, 0.2) is 252 Å². The van der Waals surface area contributed by atoms with Gasteiger partial charge in [0.25, 0.3) is 0 Å². The molecule has 0 saturated carbocycles. The van der Waals surface area contributed by atoms with Crippen molar-refractivity contribution in [3.05, 3.63) is 263 Å².